The predicted octanol–water partition coefficient (Wildman–Crippen LogP) is 8.27. The molecule has 5 saturated carbocycles. The van der Waals surface area contributed by atoms with Crippen LogP contribution < -0.4 is 5.32 Å². The van der Waals surface area contributed by atoms with Gasteiger partial charge in [0, 0.05) is 31.2 Å². The monoisotopic (exact) mass is 656 g/mol. The number of likely N-dealkylation sites (tertiary alicyclic amines) is 1. The Morgan fingerprint density at radius 2 is 1.85 bits per heavy atom. The summed E-state index contributed by atoms with van der Waals surface area (Å²) in [5.41, 5.74) is 5.94. The molecule has 14 unspecified atom stereocenters. The summed E-state index contributed by atoms with van der Waals surface area (Å²) in [6.45, 7) is 24.7. The number of ether oxygens (including phenoxy) is 1. The third-order valence-electron chi connectivity index (χ3n) is 18.2. The minimum absolute atomic E-state index is 0.123. The fourth-order valence-corrected chi connectivity index (χ4v) is 15.8. The van der Waals surface area contributed by atoms with Crippen LogP contribution in [-0.4, -0.2) is 59.9 Å². The summed E-state index contributed by atoms with van der Waals surface area (Å²) in [6.07, 6.45) is 19.7. The Morgan fingerprint density at radius 1 is 1.04 bits per heavy atom. The van der Waals surface area contributed by atoms with Crippen LogP contribution in [0.1, 0.15) is 112 Å². The number of fused-ring (bicyclic) bond motifs is 10. The molecule has 0 aromatic rings. The summed E-state index contributed by atoms with van der Waals surface area (Å²) in [7, 11) is 0. The van der Waals surface area contributed by atoms with Gasteiger partial charge in [-0.15, -0.1) is 0 Å². The number of allylic oxidation sites excluding steroid dienone is 5. The minimum atomic E-state index is -0.590. The van der Waals surface area contributed by atoms with E-state index in [0.29, 0.717) is 52.1 Å². The number of nitrogens with one attached hydrogen (secondary N) is 1. The van der Waals surface area contributed by atoms with Crippen LogP contribution in [0.5, 0.6) is 0 Å². The fraction of sp³-hybridized carbons (Fsp3) is 0.837. The zero-order valence-corrected chi connectivity index (χ0v) is 31.0. The van der Waals surface area contributed by atoms with E-state index < -0.39 is 5.97 Å². The molecule has 0 radical (unpaired) electrons. The lowest BCUT2D eigenvalue weighted by Gasteiger charge is -2.72. The van der Waals surface area contributed by atoms with Crippen molar-refractivity contribution in [2.45, 2.75) is 130 Å². The van der Waals surface area contributed by atoms with E-state index >= 15 is 0 Å². The molecule has 2 N–H and O–H groups in total. The fourth-order valence-electron chi connectivity index (χ4n) is 15.8. The van der Waals surface area contributed by atoms with Crippen LogP contribution in [0.15, 0.2) is 35.5 Å². The molecular formula is C43H64N2O3. The number of carbonyl (C=O) groups is 1. The van der Waals surface area contributed by atoms with Crippen LogP contribution in [0.3, 0.4) is 0 Å². The van der Waals surface area contributed by atoms with Gasteiger partial charge < -0.3 is 15.2 Å². The number of morpholine rings is 1. The topological polar surface area (TPSA) is 61.8 Å². The van der Waals surface area contributed by atoms with Crippen LogP contribution in [0.2, 0.25) is 0 Å². The molecule has 0 spiro atoms. The Kier molecular flexibility index (Phi) is 7.15. The van der Waals surface area contributed by atoms with Crippen molar-refractivity contribution < 1.29 is 14.6 Å². The van der Waals surface area contributed by atoms with Gasteiger partial charge in [-0.3, -0.25) is 9.69 Å². The summed E-state index contributed by atoms with van der Waals surface area (Å²) in [5, 5.41) is 14.0. The summed E-state index contributed by atoms with van der Waals surface area (Å²) < 4.78 is 5.91. The van der Waals surface area contributed by atoms with Gasteiger partial charge in [-0.1, -0.05) is 58.9 Å². The number of hydrogen-bond donors (Lipinski definition) is 2. The van der Waals surface area contributed by atoms with E-state index in [2.05, 4.69) is 70.5 Å². The molecule has 48 heavy (non-hydrogen) atoms. The van der Waals surface area contributed by atoms with Gasteiger partial charge in [0.15, 0.2) is 0 Å². The highest BCUT2D eigenvalue weighted by molar-refractivity contribution is 5.76. The third-order valence-corrected chi connectivity index (χ3v) is 18.2. The lowest BCUT2D eigenvalue weighted by Crippen LogP contribution is -2.68. The molecule has 5 heteroatoms. The number of rotatable bonds is 7. The molecule has 2 aliphatic heterocycles. The zero-order valence-electron chi connectivity index (χ0n) is 31.0. The van der Waals surface area contributed by atoms with Crippen molar-refractivity contribution in [2.24, 2.45) is 69.0 Å². The lowest BCUT2D eigenvalue weighted by molar-refractivity contribution is -0.221. The molecule has 5 nitrogen and oxygen atoms in total. The smallest absolute Gasteiger partial charge is 0.307 e. The number of carboxylic acids is 1. The highest BCUT2D eigenvalue weighted by Gasteiger charge is 2.70. The first-order valence-electron chi connectivity index (χ1n) is 20.1. The number of nitrogens with zero attached hydrogens (tertiary/aromatic N) is 1. The quantitative estimate of drug-likeness (QED) is 0.270. The van der Waals surface area contributed by atoms with Gasteiger partial charge >= 0.3 is 5.97 Å². The maximum atomic E-state index is 11.7. The Labute approximate surface area is 290 Å². The van der Waals surface area contributed by atoms with Gasteiger partial charge in [0.2, 0.25) is 0 Å². The van der Waals surface area contributed by atoms with E-state index in [9.17, 15) is 9.90 Å². The summed E-state index contributed by atoms with van der Waals surface area (Å²) in [5.74, 6) is 3.47. The van der Waals surface area contributed by atoms with Gasteiger partial charge in [-0.25, -0.2) is 0 Å². The number of hydrogen-bond acceptors (Lipinski definition) is 4. The molecule has 2 bridgehead atoms. The molecule has 0 aromatic carbocycles. The van der Waals surface area contributed by atoms with Crippen molar-refractivity contribution in [3.05, 3.63) is 35.5 Å². The molecule has 0 aromatic heterocycles. The normalized spacial score (nSPS) is 52.8. The highest BCUT2D eigenvalue weighted by atomic mass is 16.5. The molecule has 264 valence electrons. The number of aliphatic carboxylic acids is 1. The van der Waals surface area contributed by atoms with Crippen molar-refractivity contribution >= 4 is 5.97 Å². The van der Waals surface area contributed by atoms with Gasteiger partial charge in [0.25, 0.3) is 0 Å². The number of carboxylic acid groups (broad SMARTS) is 1. The second-order valence-corrected chi connectivity index (χ2v) is 20.2. The Morgan fingerprint density at radius 3 is 2.52 bits per heavy atom. The van der Waals surface area contributed by atoms with E-state index in [1.165, 1.54) is 81.9 Å². The first-order valence-corrected chi connectivity index (χ1v) is 20.1. The standard InChI is InChI=1S/C43H64N2O3/c1-25(2)29-10-15-43(44-18-19-45-23-28-22-27(45)24-48-28)17-16-41(6)33(37(29)43)8-9-35-40(5)13-11-32(26-20-30-31(21-26)36(30)38(46)47)39(3,4)34(40)12-14-42(35,41)7/h11,20,27-31,33-37,44H,1,8-10,12-19,21-24H2,2-7H3,(H,46,47). The van der Waals surface area contributed by atoms with Gasteiger partial charge in [0.1, 0.15) is 0 Å². The molecule has 7 fully saturated rings. The van der Waals surface area contributed by atoms with Gasteiger partial charge in [0.05, 0.1) is 18.6 Å². The second-order valence-electron chi connectivity index (χ2n) is 20.2. The molecular weight excluding hydrogens is 592 g/mol. The van der Waals surface area contributed by atoms with Crippen molar-refractivity contribution in [1.29, 1.82) is 0 Å². The lowest BCUT2D eigenvalue weighted by atomic mass is 9.33. The maximum Gasteiger partial charge on any atom is 0.307 e. The third kappa shape index (κ3) is 4.22. The molecule has 0 amide bonds. The van der Waals surface area contributed by atoms with Crippen LogP contribution in [0, 0.1) is 69.0 Å². The average molecular weight is 657 g/mol. The van der Waals surface area contributed by atoms with Crippen molar-refractivity contribution in [1.82, 2.24) is 10.2 Å². The Balaban J connectivity index is 0.977. The summed E-state index contributed by atoms with van der Waals surface area (Å²) >= 11 is 0. The molecule has 14 atom stereocenters. The SMILES string of the molecule is C=C(C)C1CCC2(NCCN3CC4CC3CO4)CCC3(C)C(CCC4C5(C)CC=C(C6=CC7C(C6)C7C(=O)O)C(C)(C)C5CCC43C)C12. The van der Waals surface area contributed by atoms with Crippen molar-refractivity contribution in [3.8, 4) is 0 Å². The van der Waals surface area contributed by atoms with Crippen LogP contribution >= 0.6 is 0 Å². The second kappa shape index (κ2) is 10.6. The van der Waals surface area contributed by atoms with E-state index in [4.69, 9.17) is 4.74 Å². The van der Waals surface area contributed by atoms with E-state index in [0.717, 1.165) is 38.0 Å². The van der Waals surface area contributed by atoms with Gasteiger partial charge in [-0.05, 0) is 152 Å². The molecule has 2 saturated heterocycles. The predicted molar refractivity (Wildman–Crippen MR) is 191 cm³/mol. The minimum Gasteiger partial charge on any atom is -0.481 e. The molecule has 2 heterocycles. The van der Waals surface area contributed by atoms with Crippen molar-refractivity contribution in [2.75, 3.05) is 26.2 Å². The van der Waals surface area contributed by atoms with Crippen LogP contribution in [-0.2, 0) is 9.53 Å². The van der Waals surface area contributed by atoms with Gasteiger partial charge in [-0.2, -0.15) is 0 Å². The van der Waals surface area contributed by atoms with Crippen LogP contribution in [0.25, 0.3) is 0 Å². The largest absolute Gasteiger partial charge is 0.481 e. The average Bonchev–Trinajstić information content (AvgIpc) is 3.54. The van der Waals surface area contributed by atoms with Crippen LogP contribution in [0.4, 0.5) is 0 Å². The summed E-state index contributed by atoms with van der Waals surface area (Å²) in [4.78, 5) is 14.4. The highest BCUT2D eigenvalue weighted by Crippen LogP contribution is 2.77. The Hall–Kier alpha value is -1.43. The maximum absolute atomic E-state index is 11.7. The van der Waals surface area contributed by atoms with E-state index in [1.807, 2.05) is 0 Å². The van der Waals surface area contributed by atoms with E-state index in [-0.39, 0.29) is 22.8 Å². The molecule has 7 aliphatic carbocycles. The van der Waals surface area contributed by atoms with E-state index in [1.54, 1.807) is 5.57 Å². The van der Waals surface area contributed by atoms with Crippen molar-refractivity contribution in [3.63, 3.8) is 0 Å². The molecule has 9 aliphatic rings. The molecule has 9 rings (SSSR count). The first kappa shape index (κ1) is 32.5. The Bertz CT molecular complexity index is 1460. The first-order chi connectivity index (χ1) is 22.7. The summed E-state index contributed by atoms with van der Waals surface area (Å²) in [6, 6.07) is 0.652. The zero-order chi connectivity index (χ0) is 33.6.